The molecular weight excluding hydrogens is 2080 g/mol. The maximum Gasteiger partial charge on any atom is 0.397 e. The SMILES string of the molecule is CO[C@@H]([C@H](OC)[C@@H](CO[C@@H]1O[C@H](CO[C@@H]2O[C@H](COS(=O)(=O)O)[C@@H](OS(=O)(=O)O)[C@H](OS(=O)(=O)O)[C@H]2OS(=O)(=O)O)[C@@H](OS(=O)(=O)O)[C@H](OS(=O)(=O)O)[C@H]1OS(=O)(=O)O)OS(=O)(=O)O)[C@@H](CO[C@@H]1O[C@H](CO[C@@H]2O[C@H](COS(=O)(=O)O)[C@@H](OS(=O)(=O)O)[C@H](OS(=O)(=O)O)[C@H]2OS(=O)(=O)O)[C@@H](OS(=O)(=O)O)[C@H](OS(=O)(=O)O)[C@H]1OS(=O)(=O)O)OS(=O)(=O)O. The molecule has 0 bridgehead atoms. The fraction of sp³-hybridized carbons (Fsp3) is 1.00. The molecule has 726 valence electrons. The minimum Gasteiger partial charge on any atom is -0.376 e. The summed E-state index contributed by atoms with van der Waals surface area (Å²) in [4.78, 5) is 0. The van der Waals surface area contributed by atoms with E-state index in [1.807, 2.05) is 0 Å². The molecule has 16 N–H and O–H groups in total. The van der Waals surface area contributed by atoms with Gasteiger partial charge in [-0.05, 0) is 0 Å². The lowest BCUT2D eigenvalue weighted by Gasteiger charge is -2.46. The Morgan fingerprint density at radius 3 is 0.541 bits per heavy atom. The molecule has 0 aromatic rings. The van der Waals surface area contributed by atoms with Crippen LogP contribution in [0.1, 0.15) is 0 Å². The third-order valence-electron chi connectivity index (χ3n) is 13.7. The van der Waals surface area contributed by atoms with Crippen molar-refractivity contribution in [1.82, 2.24) is 0 Å². The van der Waals surface area contributed by atoms with E-state index in [0.29, 0.717) is 0 Å². The molecule has 4 fully saturated rings. The van der Waals surface area contributed by atoms with Gasteiger partial charge in [0.05, 0.1) is 39.6 Å². The second-order valence-corrected chi connectivity index (χ2v) is 39.2. The van der Waals surface area contributed by atoms with Crippen LogP contribution in [0, 0.1) is 0 Å². The molecule has 0 radical (unpaired) electrons. The quantitative estimate of drug-likeness (QED) is 0.0252. The Kier molecular flexibility index (Phi) is 38.5. The lowest BCUT2D eigenvalue weighted by molar-refractivity contribution is -0.322. The van der Waals surface area contributed by atoms with Crippen molar-refractivity contribution < 1.29 is 322 Å². The van der Waals surface area contributed by atoms with Gasteiger partial charge in [0, 0.05) is 14.2 Å². The summed E-state index contributed by atoms with van der Waals surface area (Å²) in [5, 5.41) is 0. The molecule has 4 aliphatic rings. The molecule has 0 aromatic heterocycles. The fourth-order valence-corrected chi connectivity index (χ4v) is 17.9. The van der Waals surface area contributed by atoms with Crippen molar-refractivity contribution in [3.05, 3.63) is 0 Å². The van der Waals surface area contributed by atoms with Gasteiger partial charge in [0.2, 0.25) is 0 Å². The van der Waals surface area contributed by atoms with Crippen LogP contribution in [0.25, 0.3) is 0 Å². The number of hydrogen-bond acceptors (Lipinski definition) is 58. The average Bonchev–Trinajstić information content (AvgIpc) is 0.773. The summed E-state index contributed by atoms with van der Waals surface area (Å²) >= 11 is 0. The van der Waals surface area contributed by atoms with Gasteiger partial charge >= 0.3 is 166 Å². The van der Waals surface area contributed by atoms with Gasteiger partial charge in [-0.15, -0.1) is 0 Å². The van der Waals surface area contributed by atoms with Crippen molar-refractivity contribution in [1.29, 1.82) is 0 Å². The summed E-state index contributed by atoms with van der Waals surface area (Å²) in [6.45, 7) is -13.2. The van der Waals surface area contributed by atoms with Crippen molar-refractivity contribution in [2.75, 3.05) is 53.9 Å². The number of hydrogen-bond donors (Lipinski definition) is 16. The monoisotopic (exact) mass is 2140 g/mol. The van der Waals surface area contributed by atoms with Crippen LogP contribution in [-0.2, 0) is 281 Å². The maximum absolute atomic E-state index is 12.7. The lowest BCUT2D eigenvalue weighted by Crippen LogP contribution is -2.65. The lowest BCUT2D eigenvalue weighted by atomic mass is 9.98. The van der Waals surface area contributed by atoms with Gasteiger partial charge in [0.1, 0.15) is 97.7 Å². The Morgan fingerprint density at radius 1 is 0.213 bits per heavy atom. The second kappa shape index (κ2) is 42.0. The van der Waals surface area contributed by atoms with E-state index >= 15 is 0 Å². The predicted molar refractivity (Wildman–Crippen MR) is 345 cm³/mol. The Morgan fingerprint density at radius 2 is 0.377 bits per heavy atom. The predicted octanol–water partition coefficient (Wildman–Crippen LogP) is -13.7. The highest BCUT2D eigenvalue weighted by molar-refractivity contribution is 7.84. The molecule has 0 aliphatic carbocycles. The highest BCUT2D eigenvalue weighted by Crippen LogP contribution is 2.39. The summed E-state index contributed by atoms with van der Waals surface area (Å²) in [6.07, 6.45) is -82.0. The van der Waals surface area contributed by atoms with Gasteiger partial charge in [-0.1, -0.05) is 0 Å². The van der Waals surface area contributed by atoms with Gasteiger partial charge in [-0.2, -0.15) is 135 Å². The molecule has 122 heavy (non-hydrogen) atoms. The van der Waals surface area contributed by atoms with Crippen molar-refractivity contribution in [2.24, 2.45) is 0 Å². The number of methoxy groups -OCH3 is 2. The Bertz CT molecular complexity index is 5200. The van der Waals surface area contributed by atoms with Crippen molar-refractivity contribution in [3.63, 3.8) is 0 Å². The van der Waals surface area contributed by atoms with E-state index in [-0.39, 0.29) is 14.2 Å². The van der Waals surface area contributed by atoms with E-state index in [1.165, 1.54) is 0 Å². The molecule has 4 saturated heterocycles. The Labute approximate surface area is 684 Å². The van der Waals surface area contributed by atoms with E-state index in [4.69, 9.17) is 47.4 Å². The zero-order valence-electron chi connectivity index (χ0n) is 57.5. The smallest absolute Gasteiger partial charge is 0.376 e. The van der Waals surface area contributed by atoms with Gasteiger partial charge in [0.15, 0.2) is 49.6 Å². The van der Waals surface area contributed by atoms with Gasteiger partial charge in [-0.3, -0.25) is 72.8 Å². The van der Waals surface area contributed by atoms with Gasteiger partial charge < -0.3 is 47.4 Å². The molecule has 0 spiro atoms. The van der Waals surface area contributed by atoms with Crippen LogP contribution in [0.3, 0.4) is 0 Å². The molecule has 0 unspecified atom stereocenters. The van der Waals surface area contributed by atoms with Crippen LogP contribution >= 0.6 is 0 Å². The Hall–Kier alpha value is -2.48. The van der Waals surface area contributed by atoms with Crippen LogP contribution < -0.4 is 0 Å². The van der Waals surface area contributed by atoms with Crippen LogP contribution in [0.2, 0.25) is 0 Å². The van der Waals surface area contributed by atoms with E-state index in [0.717, 1.165) is 0 Å². The highest BCUT2D eigenvalue weighted by Gasteiger charge is 2.61. The molecular formula is C32H58O74S16. The number of ether oxygens (including phenoxy) is 10. The largest absolute Gasteiger partial charge is 0.397 e. The van der Waals surface area contributed by atoms with Crippen molar-refractivity contribution in [3.8, 4) is 0 Å². The molecule has 0 saturated carbocycles. The zero-order chi connectivity index (χ0) is 94.5. The molecule has 0 aromatic carbocycles. The molecule has 4 rings (SSSR count). The first-order chi connectivity index (χ1) is 54.3. The van der Waals surface area contributed by atoms with Gasteiger partial charge in [-0.25, -0.2) is 66.9 Å². The summed E-state index contributed by atoms with van der Waals surface area (Å²) in [5.41, 5.74) is 0. The summed E-state index contributed by atoms with van der Waals surface area (Å²) in [5.74, 6) is 0. The number of rotatable bonds is 51. The standard InChI is InChI=1S/C32H58O74S16/c1-81-15(13(93-109(39,40)41)5-85-31-25(103-119(69,70)71)21(99-115(57,58)59)17(95-111(45,46)47)9(89-31)3-83-29-27(105-121(75,76)77)23(101-117(63,64)65)19(97-113(51,52)53)11(91-29)7-87-107(33,34)35)16(82-2)14(94-110(42,43)44)6-86-32-26(104-120(72,73)74)22(100-116(60,61)62)18(96-112(48,49)50)10(90-32)4-84-30-28(106-122(78,79)80)24(102-118(66,67)68)20(98-114(54,55)56)12(92-30)8-88-108(36,37)38/h9-32H,3-8H2,1-2H3,(H,33,34,35)(H,36,37,38)(H,39,40,41)(H,42,43,44)(H,45,46,47)(H,48,49,50)(H,51,52,53)(H,54,55,56)(H,57,58,59)(H,60,61,62)(H,63,64,65)(H,66,67,68)(H,69,70,71)(H,72,73,74)(H,75,76,77)(H,78,79,80)/t9-,10-,11-,12-,13-,14-,15-,16-,17-,18-,19-,20-,21+,22+,23+,24+,25-,26-,27-,28-,29-,30-,31-,32-/m1/s1. The Balaban J connectivity index is 2.03. The molecule has 90 heteroatoms. The van der Waals surface area contributed by atoms with Crippen molar-refractivity contribution >= 4 is 166 Å². The summed E-state index contributed by atoms with van der Waals surface area (Å²) in [7, 11) is -102. The highest BCUT2D eigenvalue weighted by atomic mass is 32.3. The zero-order valence-corrected chi connectivity index (χ0v) is 70.5. The minimum absolute atomic E-state index is 0.250. The average molecular weight is 2140 g/mol. The van der Waals surface area contributed by atoms with E-state index in [9.17, 15) is 208 Å². The van der Waals surface area contributed by atoms with Gasteiger partial charge in [0.25, 0.3) is 0 Å². The maximum atomic E-state index is 12.7. The van der Waals surface area contributed by atoms with E-state index < -0.39 is 353 Å². The third kappa shape index (κ3) is 41.7. The van der Waals surface area contributed by atoms with E-state index in [1.54, 1.807) is 0 Å². The molecule has 4 aliphatic heterocycles. The topological polar surface area (TPSA) is 1110 Å². The van der Waals surface area contributed by atoms with Crippen LogP contribution in [0.15, 0.2) is 0 Å². The summed E-state index contributed by atoms with van der Waals surface area (Å²) in [6, 6.07) is 0. The molecule has 24 atom stereocenters. The van der Waals surface area contributed by atoms with E-state index in [2.05, 4.69) is 66.9 Å². The molecule has 0 amide bonds. The third-order valence-corrected chi connectivity index (χ3v) is 21.1. The first-order valence-corrected chi connectivity index (χ1v) is 50.7. The molecule has 4 heterocycles. The van der Waals surface area contributed by atoms with Crippen LogP contribution in [-0.4, -0.2) is 409 Å². The molecule has 74 nitrogen and oxygen atoms in total. The fourth-order valence-electron chi connectivity index (χ4n) is 10.3. The first kappa shape index (κ1) is 112. The van der Waals surface area contributed by atoms with Crippen molar-refractivity contribution in [2.45, 2.75) is 147 Å². The summed E-state index contributed by atoms with van der Waals surface area (Å²) < 4.78 is 668. The minimum atomic E-state index is -6.58. The normalized spacial score (nSPS) is 30.3. The van der Waals surface area contributed by atoms with Crippen LogP contribution in [0.4, 0.5) is 0 Å². The first-order valence-electron chi connectivity index (χ1n) is 28.9. The van der Waals surface area contributed by atoms with Crippen LogP contribution in [0.5, 0.6) is 0 Å². The second-order valence-electron chi connectivity index (χ2n) is 22.3.